The Morgan fingerprint density at radius 1 is 1.10 bits per heavy atom. The molecule has 39 heavy (non-hydrogen) atoms. The molecule has 2 aromatic heterocycles. The zero-order chi connectivity index (χ0) is 26.9. The van der Waals surface area contributed by atoms with Gasteiger partial charge < -0.3 is 19.4 Å². The second kappa shape index (κ2) is 10.5. The Labute approximate surface area is 228 Å². The smallest absolute Gasteiger partial charge is 0.233 e. The monoisotopic (exact) mass is 543 g/mol. The van der Waals surface area contributed by atoms with E-state index in [2.05, 4.69) is 15.5 Å². The SMILES string of the molecule is CCC(Sc1nnc2c3cc(C)ccc3n(Cc3ccccc3F)c2n1)C(=O)NCc1ccc2c(c1)OCO2. The highest BCUT2D eigenvalue weighted by Crippen LogP contribution is 2.33. The number of halogens is 1. The first kappa shape index (κ1) is 25.1. The first-order chi connectivity index (χ1) is 19.0. The molecule has 3 aromatic carbocycles. The van der Waals surface area contributed by atoms with Crippen LogP contribution in [-0.2, 0) is 17.9 Å². The van der Waals surface area contributed by atoms with Crippen molar-refractivity contribution < 1.29 is 18.7 Å². The molecule has 198 valence electrons. The fraction of sp³-hybridized carbons (Fsp3) is 0.241. The van der Waals surface area contributed by atoms with Gasteiger partial charge >= 0.3 is 0 Å². The minimum absolute atomic E-state index is 0.119. The molecule has 0 radical (unpaired) electrons. The van der Waals surface area contributed by atoms with E-state index in [4.69, 9.17) is 14.5 Å². The summed E-state index contributed by atoms with van der Waals surface area (Å²) in [5, 5.41) is 12.7. The van der Waals surface area contributed by atoms with Crippen LogP contribution in [0.2, 0.25) is 0 Å². The Kier molecular flexibility index (Phi) is 6.78. The Balaban J connectivity index is 1.26. The highest BCUT2D eigenvalue weighted by Gasteiger charge is 2.22. The van der Waals surface area contributed by atoms with E-state index in [-0.39, 0.29) is 18.5 Å². The largest absolute Gasteiger partial charge is 0.454 e. The Morgan fingerprint density at radius 3 is 2.79 bits per heavy atom. The molecule has 1 amide bonds. The summed E-state index contributed by atoms with van der Waals surface area (Å²) in [6, 6.07) is 18.4. The van der Waals surface area contributed by atoms with E-state index in [0.717, 1.165) is 22.0 Å². The van der Waals surface area contributed by atoms with E-state index < -0.39 is 5.25 Å². The van der Waals surface area contributed by atoms with E-state index in [0.29, 0.717) is 52.9 Å². The number of nitrogens with one attached hydrogen (secondary N) is 1. The van der Waals surface area contributed by atoms with Crippen LogP contribution in [0, 0.1) is 12.7 Å². The Bertz CT molecular complexity index is 1710. The number of fused-ring (bicyclic) bond motifs is 4. The van der Waals surface area contributed by atoms with Crippen molar-refractivity contribution in [1.82, 2.24) is 25.1 Å². The summed E-state index contributed by atoms with van der Waals surface area (Å²) in [5.41, 5.74) is 4.70. The van der Waals surface area contributed by atoms with Crippen LogP contribution in [0.5, 0.6) is 11.5 Å². The summed E-state index contributed by atoms with van der Waals surface area (Å²) < 4.78 is 27.3. The highest BCUT2D eigenvalue weighted by molar-refractivity contribution is 8.00. The van der Waals surface area contributed by atoms with Crippen LogP contribution in [0.25, 0.3) is 22.1 Å². The van der Waals surface area contributed by atoms with E-state index in [1.54, 1.807) is 12.1 Å². The summed E-state index contributed by atoms with van der Waals surface area (Å²) in [4.78, 5) is 17.9. The molecular formula is C29H26FN5O3S. The molecule has 0 bridgehead atoms. The van der Waals surface area contributed by atoms with Gasteiger partial charge in [0.1, 0.15) is 11.3 Å². The maximum absolute atomic E-state index is 14.6. The Morgan fingerprint density at radius 2 is 1.95 bits per heavy atom. The molecular weight excluding hydrogens is 517 g/mol. The lowest BCUT2D eigenvalue weighted by atomic mass is 10.1. The van der Waals surface area contributed by atoms with Crippen LogP contribution < -0.4 is 14.8 Å². The number of aromatic nitrogens is 4. The summed E-state index contributed by atoms with van der Waals surface area (Å²) in [6.45, 7) is 4.82. The van der Waals surface area contributed by atoms with E-state index in [9.17, 15) is 9.18 Å². The minimum Gasteiger partial charge on any atom is -0.454 e. The number of benzene rings is 3. The quantitative estimate of drug-likeness (QED) is 0.262. The minimum atomic E-state index is -0.412. The van der Waals surface area contributed by atoms with Crippen LogP contribution in [0.15, 0.2) is 65.8 Å². The van der Waals surface area contributed by atoms with Crippen LogP contribution in [0.1, 0.15) is 30.0 Å². The number of hydrogen-bond donors (Lipinski definition) is 1. The first-order valence-corrected chi connectivity index (χ1v) is 13.6. The second-order valence-corrected chi connectivity index (χ2v) is 10.6. The topological polar surface area (TPSA) is 91.2 Å². The first-order valence-electron chi connectivity index (χ1n) is 12.7. The standard InChI is InChI=1S/C29H26FN5O3S/c1-3-25(28(36)31-14-18-9-11-23-24(13-18)38-16-37-23)39-29-32-27-26(33-34-29)20-12-17(2)8-10-22(20)35(27)15-19-6-4-5-7-21(19)30/h4-13,25H,3,14-16H2,1-2H3,(H,31,36). The van der Waals surface area contributed by atoms with Gasteiger partial charge in [-0.3, -0.25) is 4.79 Å². The fourth-order valence-corrected chi connectivity index (χ4v) is 5.50. The summed E-state index contributed by atoms with van der Waals surface area (Å²) in [6.07, 6.45) is 0.580. The molecule has 1 unspecified atom stereocenters. The van der Waals surface area contributed by atoms with Crippen molar-refractivity contribution in [2.45, 2.75) is 43.8 Å². The van der Waals surface area contributed by atoms with Crippen LogP contribution in [0.4, 0.5) is 4.39 Å². The van der Waals surface area contributed by atoms with E-state index >= 15 is 0 Å². The van der Waals surface area contributed by atoms with Gasteiger partial charge in [-0.25, -0.2) is 9.37 Å². The average molecular weight is 544 g/mol. The lowest BCUT2D eigenvalue weighted by Gasteiger charge is -2.14. The van der Waals surface area contributed by atoms with Crippen molar-refractivity contribution in [3.05, 3.63) is 83.2 Å². The van der Waals surface area contributed by atoms with Gasteiger partial charge in [-0.15, -0.1) is 10.2 Å². The lowest BCUT2D eigenvalue weighted by Crippen LogP contribution is -2.32. The molecule has 3 heterocycles. The highest BCUT2D eigenvalue weighted by atomic mass is 32.2. The zero-order valence-corrected chi connectivity index (χ0v) is 22.3. The van der Waals surface area contributed by atoms with Crippen LogP contribution >= 0.6 is 11.8 Å². The van der Waals surface area contributed by atoms with Crippen molar-refractivity contribution in [2.24, 2.45) is 0 Å². The number of ether oxygens (including phenoxy) is 2. The third-order valence-electron chi connectivity index (χ3n) is 6.70. The van der Waals surface area contributed by atoms with Crippen molar-refractivity contribution in [3.63, 3.8) is 0 Å². The number of rotatable bonds is 8. The molecule has 0 fully saturated rings. The number of nitrogens with zero attached hydrogens (tertiary/aromatic N) is 4. The summed E-state index contributed by atoms with van der Waals surface area (Å²) >= 11 is 1.27. The number of hydrogen-bond acceptors (Lipinski definition) is 7. The van der Waals surface area contributed by atoms with Crippen molar-refractivity contribution in [2.75, 3.05) is 6.79 Å². The average Bonchev–Trinajstić information content (AvgIpc) is 3.53. The molecule has 1 aliphatic rings. The van der Waals surface area contributed by atoms with Crippen molar-refractivity contribution in [1.29, 1.82) is 0 Å². The maximum atomic E-state index is 14.6. The Hall–Kier alpha value is -4.18. The lowest BCUT2D eigenvalue weighted by molar-refractivity contribution is -0.120. The molecule has 1 aliphatic heterocycles. The molecule has 0 aliphatic carbocycles. The fourth-order valence-electron chi connectivity index (χ4n) is 4.67. The van der Waals surface area contributed by atoms with Gasteiger partial charge in [0.05, 0.1) is 17.3 Å². The molecule has 1 N–H and O–H groups in total. The third-order valence-corrected chi connectivity index (χ3v) is 7.92. The molecule has 8 nitrogen and oxygen atoms in total. The second-order valence-electron chi connectivity index (χ2n) is 9.38. The zero-order valence-electron chi connectivity index (χ0n) is 21.5. The molecule has 10 heteroatoms. The number of carbonyl (C=O) groups excluding carboxylic acids is 1. The predicted octanol–water partition coefficient (Wildman–Crippen LogP) is 5.39. The molecule has 1 atom stereocenters. The summed E-state index contributed by atoms with van der Waals surface area (Å²) in [5.74, 6) is 0.986. The molecule has 5 aromatic rings. The number of thioether (sulfide) groups is 1. The van der Waals surface area contributed by atoms with Gasteiger partial charge in [-0.2, -0.15) is 0 Å². The van der Waals surface area contributed by atoms with Gasteiger partial charge in [0.2, 0.25) is 17.9 Å². The predicted molar refractivity (Wildman–Crippen MR) is 147 cm³/mol. The number of amides is 1. The molecule has 0 spiro atoms. The molecule has 0 saturated heterocycles. The number of aryl methyl sites for hydroxylation is 1. The van der Waals surface area contributed by atoms with Gasteiger partial charge in [-0.1, -0.05) is 54.6 Å². The van der Waals surface area contributed by atoms with Crippen molar-refractivity contribution >= 4 is 39.7 Å². The van der Waals surface area contributed by atoms with Crippen molar-refractivity contribution in [3.8, 4) is 11.5 Å². The molecule has 6 rings (SSSR count). The normalized spacial score (nSPS) is 13.2. The summed E-state index contributed by atoms with van der Waals surface area (Å²) in [7, 11) is 0. The van der Waals surface area contributed by atoms with Gasteiger partial charge in [-0.05, 0) is 49.2 Å². The van der Waals surface area contributed by atoms with E-state index in [1.165, 1.54) is 17.8 Å². The van der Waals surface area contributed by atoms with E-state index in [1.807, 2.05) is 60.9 Å². The molecule has 0 saturated carbocycles. The number of carbonyl (C=O) groups is 1. The van der Waals surface area contributed by atoms with Crippen LogP contribution in [-0.4, -0.2) is 37.7 Å². The van der Waals surface area contributed by atoms with Gasteiger partial charge in [0.25, 0.3) is 0 Å². The third kappa shape index (κ3) is 4.99. The maximum Gasteiger partial charge on any atom is 0.233 e. The van der Waals surface area contributed by atoms with Crippen LogP contribution in [0.3, 0.4) is 0 Å². The van der Waals surface area contributed by atoms with Gasteiger partial charge in [0, 0.05) is 17.5 Å². The van der Waals surface area contributed by atoms with Gasteiger partial charge in [0.15, 0.2) is 17.1 Å².